The van der Waals surface area contributed by atoms with Gasteiger partial charge in [0.25, 0.3) is 15.7 Å². The third kappa shape index (κ3) is 7.88. The van der Waals surface area contributed by atoms with Crippen molar-refractivity contribution >= 4 is 21.8 Å². The quantitative estimate of drug-likeness (QED) is 0.266. The third-order valence-electron chi connectivity index (χ3n) is 8.06. The molecule has 14 heteroatoms. The largest absolute Gasteiger partial charge is 0.443 e. The number of nitro benzene ring substituents is 1. The Morgan fingerprint density at radius 2 is 1.86 bits per heavy atom. The molecule has 2 aromatic rings. The number of nitrogens with zero attached hydrogens (tertiary/aromatic N) is 2. The van der Waals surface area contributed by atoms with Crippen LogP contribution in [0, 0.1) is 16.0 Å². The molecule has 2 saturated heterocycles. The summed E-state index contributed by atoms with van der Waals surface area (Å²) in [5.41, 5.74) is 0.401. The molecule has 2 heterocycles. The topological polar surface area (TPSA) is 167 Å². The predicted molar refractivity (Wildman–Crippen MR) is 152 cm³/mol. The lowest BCUT2D eigenvalue weighted by atomic mass is 9.98. The molecular formula is C29H37N3O10S. The van der Waals surface area contributed by atoms with Crippen LogP contribution >= 0.6 is 0 Å². The number of carbonyl (C=O) groups excluding carboxylic acids is 1. The average molecular weight is 620 g/mol. The van der Waals surface area contributed by atoms with Crippen LogP contribution in [0.5, 0.6) is 0 Å². The molecular weight excluding hydrogens is 582 g/mol. The van der Waals surface area contributed by atoms with Gasteiger partial charge in [0.05, 0.1) is 53.7 Å². The molecule has 1 aliphatic carbocycles. The summed E-state index contributed by atoms with van der Waals surface area (Å²) in [6.45, 7) is 0.172. The van der Waals surface area contributed by atoms with Gasteiger partial charge in [0.1, 0.15) is 6.10 Å². The molecule has 13 nitrogen and oxygen atoms in total. The number of ether oxygens (including phenoxy) is 3. The Labute approximate surface area is 250 Å². The molecule has 234 valence electrons. The van der Waals surface area contributed by atoms with Crippen LogP contribution in [-0.2, 0) is 35.5 Å². The summed E-state index contributed by atoms with van der Waals surface area (Å²) < 4.78 is 45.0. The number of alkyl carbamates (subject to hydrolysis) is 1. The highest BCUT2D eigenvalue weighted by atomic mass is 32.2. The second-order valence-corrected chi connectivity index (χ2v) is 12.9. The highest BCUT2D eigenvalue weighted by Gasteiger charge is 2.44. The Morgan fingerprint density at radius 1 is 1.09 bits per heavy atom. The number of non-ortho nitro benzene ring substituents is 1. The molecule has 43 heavy (non-hydrogen) atoms. The summed E-state index contributed by atoms with van der Waals surface area (Å²) in [7, 11) is -4.44. The van der Waals surface area contributed by atoms with E-state index < -0.39 is 63.9 Å². The van der Waals surface area contributed by atoms with Crippen LogP contribution in [0.2, 0.25) is 0 Å². The fraction of sp³-hybridized carbons (Fsp3) is 0.552. The van der Waals surface area contributed by atoms with E-state index in [0.29, 0.717) is 30.3 Å². The number of carbonyl (C=O) groups is 1. The number of hydroxylamine groups is 1. The van der Waals surface area contributed by atoms with Gasteiger partial charge in [-0.15, -0.1) is 0 Å². The van der Waals surface area contributed by atoms with E-state index in [2.05, 4.69) is 5.32 Å². The number of aliphatic hydroxyl groups excluding tert-OH is 1. The zero-order valence-corrected chi connectivity index (χ0v) is 24.5. The fourth-order valence-corrected chi connectivity index (χ4v) is 7.05. The first-order valence-electron chi connectivity index (χ1n) is 14.6. The van der Waals surface area contributed by atoms with E-state index in [4.69, 9.17) is 19.0 Å². The smallest absolute Gasteiger partial charge is 0.407 e. The summed E-state index contributed by atoms with van der Waals surface area (Å²) in [6, 6.07) is 12.8. The van der Waals surface area contributed by atoms with Crippen molar-refractivity contribution in [3.8, 4) is 0 Å². The minimum absolute atomic E-state index is 0.0808. The van der Waals surface area contributed by atoms with Crippen molar-refractivity contribution in [2.75, 3.05) is 19.8 Å². The van der Waals surface area contributed by atoms with Crippen molar-refractivity contribution in [1.82, 2.24) is 9.79 Å². The number of aliphatic hydroxyl groups is 1. The van der Waals surface area contributed by atoms with E-state index in [1.54, 1.807) is 0 Å². The van der Waals surface area contributed by atoms with Crippen molar-refractivity contribution < 1.29 is 42.3 Å². The number of benzene rings is 2. The van der Waals surface area contributed by atoms with Crippen LogP contribution in [0.15, 0.2) is 59.5 Å². The molecule has 2 aromatic carbocycles. The van der Waals surface area contributed by atoms with Crippen LogP contribution in [0.3, 0.4) is 0 Å². The molecule has 1 saturated carbocycles. The number of fused-ring (bicyclic) bond motifs is 1. The zero-order chi connectivity index (χ0) is 30.4. The van der Waals surface area contributed by atoms with Gasteiger partial charge in [-0.2, -0.15) is 0 Å². The summed E-state index contributed by atoms with van der Waals surface area (Å²) in [4.78, 5) is 29.4. The van der Waals surface area contributed by atoms with E-state index in [0.717, 1.165) is 30.9 Å². The van der Waals surface area contributed by atoms with Crippen LogP contribution in [0.1, 0.15) is 44.1 Å². The van der Waals surface area contributed by atoms with Gasteiger partial charge in [0.15, 0.2) is 6.29 Å². The number of hydrogen-bond acceptors (Lipinski definition) is 10. The number of rotatable bonds is 12. The molecule has 3 aliphatic rings. The second kappa shape index (κ2) is 14.1. The van der Waals surface area contributed by atoms with Gasteiger partial charge in [-0.05, 0) is 37.3 Å². The summed E-state index contributed by atoms with van der Waals surface area (Å²) >= 11 is 0. The Balaban J connectivity index is 1.36. The van der Waals surface area contributed by atoms with Gasteiger partial charge in [-0.3, -0.25) is 15.0 Å². The lowest BCUT2D eigenvalue weighted by molar-refractivity contribution is -0.385. The lowest BCUT2D eigenvalue weighted by Crippen LogP contribution is -2.51. The van der Waals surface area contributed by atoms with Crippen molar-refractivity contribution in [2.24, 2.45) is 5.92 Å². The highest BCUT2D eigenvalue weighted by molar-refractivity contribution is 7.89. The Bertz CT molecular complexity index is 1360. The third-order valence-corrected chi connectivity index (χ3v) is 9.68. The maximum absolute atomic E-state index is 13.8. The van der Waals surface area contributed by atoms with Crippen LogP contribution < -0.4 is 5.32 Å². The molecule has 0 unspecified atom stereocenters. The van der Waals surface area contributed by atoms with Gasteiger partial charge < -0.3 is 24.6 Å². The maximum Gasteiger partial charge on any atom is 0.407 e. The standard InChI is InChI=1S/C29H37N3O10S/c33-26(18-31(42-22-11-5-2-6-12-22)43(37,38)23-13-7-10-21(17-23)32(35)36)25(16-20-8-3-1-4-9-20)30-29(34)41-27-19-40-28-24(27)14-15-39-28/h1,3-4,7-10,13,17,22,24-28,33H,2,5-6,11-12,14-16,18-19H2,(H,30,34)/t24-,25-,26+,27-,28+/m0/s1. The summed E-state index contributed by atoms with van der Waals surface area (Å²) in [6.07, 6.45) is 1.30. The lowest BCUT2D eigenvalue weighted by Gasteiger charge is -2.32. The number of nitrogens with one attached hydrogen (secondary N) is 1. The molecule has 2 aliphatic heterocycles. The van der Waals surface area contributed by atoms with Crippen LogP contribution in [0.4, 0.5) is 10.5 Å². The van der Waals surface area contributed by atoms with E-state index in [1.165, 1.54) is 18.2 Å². The van der Waals surface area contributed by atoms with E-state index in [-0.39, 0.29) is 23.8 Å². The predicted octanol–water partition coefficient (Wildman–Crippen LogP) is 3.31. The summed E-state index contributed by atoms with van der Waals surface area (Å²) in [5.74, 6) is -0.0808. The zero-order valence-electron chi connectivity index (χ0n) is 23.7. The van der Waals surface area contributed by atoms with Crippen LogP contribution in [-0.4, -0.2) is 79.4 Å². The monoisotopic (exact) mass is 619 g/mol. The molecule has 0 aromatic heterocycles. The minimum Gasteiger partial charge on any atom is -0.443 e. The number of nitro groups is 1. The Kier molecular flexibility index (Phi) is 10.3. The SMILES string of the molecule is O=C(N[C@@H](Cc1ccccc1)[C@H](O)CN(OC1CCCCC1)S(=O)(=O)c1cccc([N+](=O)[O-])c1)O[C@H]1CO[C@H]2OCC[C@H]21. The molecule has 2 N–H and O–H groups in total. The van der Waals surface area contributed by atoms with Gasteiger partial charge in [0, 0.05) is 12.1 Å². The molecule has 0 radical (unpaired) electrons. The first-order valence-corrected chi connectivity index (χ1v) is 16.0. The minimum atomic E-state index is -4.44. The first-order chi connectivity index (χ1) is 20.7. The van der Waals surface area contributed by atoms with Gasteiger partial charge in [-0.1, -0.05) is 60.1 Å². The number of sulfonamides is 1. The fourth-order valence-electron chi connectivity index (χ4n) is 5.71. The number of amides is 1. The van der Waals surface area contributed by atoms with Crippen molar-refractivity contribution in [3.63, 3.8) is 0 Å². The van der Waals surface area contributed by atoms with E-state index in [9.17, 15) is 28.4 Å². The van der Waals surface area contributed by atoms with Crippen molar-refractivity contribution in [1.29, 1.82) is 0 Å². The number of hydrogen-bond donors (Lipinski definition) is 2. The molecule has 0 spiro atoms. The molecule has 5 rings (SSSR count). The summed E-state index contributed by atoms with van der Waals surface area (Å²) in [5, 5.41) is 25.6. The Hall–Kier alpha value is -3.14. The molecule has 1 amide bonds. The van der Waals surface area contributed by atoms with Gasteiger partial charge in [-0.25, -0.2) is 13.2 Å². The van der Waals surface area contributed by atoms with Crippen LogP contribution in [0.25, 0.3) is 0 Å². The maximum atomic E-state index is 13.8. The first kappa shape index (κ1) is 31.3. The second-order valence-electron chi connectivity index (χ2n) is 11.1. The van der Waals surface area contributed by atoms with E-state index in [1.807, 2.05) is 30.3 Å². The molecule has 3 fully saturated rings. The van der Waals surface area contributed by atoms with E-state index >= 15 is 0 Å². The van der Waals surface area contributed by atoms with Crippen molar-refractivity contribution in [2.45, 2.75) is 80.5 Å². The van der Waals surface area contributed by atoms with Gasteiger partial charge in [0.2, 0.25) is 0 Å². The molecule has 5 atom stereocenters. The Morgan fingerprint density at radius 3 is 2.60 bits per heavy atom. The average Bonchev–Trinajstić information content (AvgIpc) is 3.63. The van der Waals surface area contributed by atoms with Crippen molar-refractivity contribution in [3.05, 3.63) is 70.3 Å². The molecule has 0 bridgehead atoms. The highest BCUT2D eigenvalue weighted by Crippen LogP contribution is 2.33. The van der Waals surface area contributed by atoms with Gasteiger partial charge >= 0.3 is 6.09 Å². The normalized spacial score (nSPS) is 23.9.